The number of benzene rings is 2. The van der Waals surface area contributed by atoms with Crippen molar-refractivity contribution in [3.63, 3.8) is 0 Å². The van der Waals surface area contributed by atoms with Crippen LogP contribution >= 0.6 is 24.8 Å². The quantitative estimate of drug-likeness (QED) is 0.209. The van der Waals surface area contributed by atoms with Crippen LogP contribution in [0.4, 0.5) is 0 Å². The van der Waals surface area contributed by atoms with Gasteiger partial charge < -0.3 is 26.9 Å². The Balaban J connectivity index is 0.00000132. The predicted octanol–water partition coefficient (Wildman–Crippen LogP) is 2.35. The first-order chi connectivity index (χ1) is 10.2. The van der Waals surface area contributed by atoms with Gasteiger partial charge in [-0.3, -0.25) is 0 Å². The minimum absolute atomic E-state index is 0. The Morgan fingerprint density at radius 3 is 2.26 bits per heavy atom. The molecular weight excluding hydrogens is 341 g/mol. The predicted molar refractivity (Wildman–Crippen MR) is 95.3 cm³/mol. The average Bonchev–Trinajstić information content (AvgIpc) is 2.90. The largest absolute Gasteiger partial charge is 0.409 e. The van der Waals surface area contributed by atoms with Crippen LogP contribution in [0.1, 0.15) is 11.1 Å². The maximum Gasteiger partial charge on any atom is 0.172 e. The molecule has 0 atom stereocenters. The van der Waals surface area contributed by atoms with Crippen molar-refractivity contribution in [1.29, 1.82) is 0 Å². The smallest absolute Gasteiger partial charge is 0.172 e. The van der Waals surface area contributed by atoms with Crippen LogP contribution in [-0.4, -0.2) is 27.1 Å². The summed E-state index contributed by atoms with van der Waals surface area (Å²) in [6, 6.07) is 10.9. The van der Waals surface area contributed by atoms with Crippen molar-refractivity contribution in [2.24, 2.45) is 21.8 Å². The van der Waals surface area contributed by atoms with Gasteiger partial charge in [-0.25, -0.2) is 0 Å². The van der Waals surface area contributed by atoms with Crippen LogP contribution in [-0.2, 0) is 0 Å². The second-order valence-corrected chi connectivity index (χ2v) is 4.58. The highest BCUT2D eigenvalue weighted by Gasteiger charge is 2.11. The number of hydrogen-bond donors (Lipinski definition) is 5. The first-order valence-electron chi connectivity index (χ1n) is 6.16. The third kappa shape index (κ3) is 2.96. The van der Waals surface area contributed by atoms with Crippen molar-refractivity contribution < 1.29 is 10.4 Å². The molecule has 122 valence electrons. The molecule has 0 amide bonds. The number of nitrogens with zero attached hydrogens (tertiary/aromatic N) is 2. The fraction of sp³-hybridized carbons (Fsp3) is 0. The van der Waals surface area contributed by atoms with Crippen LogP contribution in [0.25, 0.3) is 21.8 Å². The summed E-state index contributed by atoms with van der Waals surface area (Å²) in [6.45, 7) is 0. The van der Waals surface area contributed by atoms with E-state index in [2.05, 4.69) is 15.3 Å². The Labute approximate surface area is 143 Å². The van der Waals surface area contributed by atoms with Gasteiger partial charge >= 0.3 is 0 Å². The molecule has 2 aromatic carbocycles. The number of fused-ring (bicyclic) bond motifs is 3. The molecule has 0 saturated carbocycles. The van der Waals surface area contributed by atoms with Gasteiger partial charge in [-0.15, -0.1) is 24.8 Å². The number of aromatic amines is 1. The van der Waals surface area contributed by atoms with E-state index in [0.29, 0.717) is 11.1 Å². The van der Waals surface area contributed by atoms with E-state index in [0.717, 1.165) is 21.8 Å². The highest BCUT2D eigenvalue weighted by Crippen LogP contribution is 2.28. The summed E-state index contributed by atoms with van der Waals surface area (Å²) in [5, 5.41) is 25.5. The summed E-state index contributed by atoms with van der Waals surface area (Å²) in [5.41, 5.74) is 14.1. The number of para-hydroxylation sites is 1. The van der Waals surface area contributed by atoms with E-state index in [4.69, 9.17) is 21.9 Å². The topological polar surface area (TPSA) is 133 Å². The molecule has 1 aromatic heterocycles. The molecule has 23 heavy (non-hydrogen) atoms. The lowest BCUT2D eigenvalue weighted by atomic mass is 10.1. The van der Waals surface area contributed by atoms with Crippen LogP contribution in [0.5, 0.6) is 0 Å². The zero-order chi connectivity index (χ0) is 15.0. The molecule has 3 aromatic rings. The van der Waals surface area contributed by atoms with Crippen LogP contribution < -0.4 is 11.5 Å². The van der Waals surface area contributed by atoms with Gasteiger partial charge in [-0.05, 0) is 12.1 Å². The summed E-state index contributed by atoms with van der Waals surface area (Å²) >= 11 is 0. The third-order valence-corrected chi connectivity index (χ3v) is 3.42. The fourth-order valence-corrected chi connectivity index (χ4v) is 2.41. The van der Waals surface area contributed by atoms with E-state index in [1.54, 1.807) is 18.2 Å². The number of halogens is 2. The van der Waals surface area contributed by atoms with E-state index in [1.807, 2.05) is 18.2 Å². The number of aromatic nitrogens is 1. The summed E-state index contributed by atoms with van der Waals surface area (Å²) in [7, 11) is 0. The number of oxime groups is 2. The molecule has 7 N–H and O–H groups in total. The Kier molecular flexibility index (Phi) is 5.67. The lowest BCUT2D eigenvalue weighted by Gasteiger charge is -2.00. The van der Waals surface area contributed by atoms with Crippen LogP contribution in [0.15, 0.2) is 46.7 Å². The lowest BCUT2D eigenvalue weighted by molar-refractivity contribution is 0.318. The van der Waals surface area contributed by atoms with Crippen molar-refractivity contribution in [3.05, 3.63) is 47.5 Å². The molecule has 0 bridgehead atoms. The molecule has 0 aliphatic rings. The number of nitrogens with one attached hydrogen (secondary N) is 1. The van der Waals surface area contributed by atoms with E-state index in [9.17, 15) is 0 Å². The van der Waals surface area contributed by atoms with Gasteiger partial charge in [0.15, 0.2) is 11.7 Å². The number of nitrogens with two attached hydrogens (primary N) is 2. The molecule has 0 saturated heterocycles. The molecule has 1 heterocycles. The van der Waals surface area contributed by atoms with E-state index in [1.165, 1.54) is 0 Å². The minimum Gasteiger partial charge on any atom is -0.409 e. The first-order valence-corrected chi connectivity index (χ1v) is 6.16. The normalized spacial score (nSPS) is 12.0. The van der Waals surface area contributed by atoms with Crippen molar-refractivity contribution >= 4 is 58.3 Å². The molecule has 0 radical (unpaired) electrons. The number of H-pyrrole nitrogens is 1. The van der Waals surface area contributed by atoms with Crippen LogP contribution in [0.2, 0.25) is 0 Å². The van der Waals surface area contributed by atoms with Crippen LogP contribution in [0, 0.1) is 0 Å². The zero-order valence-corrected chi connectivity index (χ0v) is 13.4. The van der Waals surface area contributed by atoms with E-state index >= 15 is 0 Å². The molecule has 0 spiro atoms. The van der Waals surface area contributed by atoms with Crippen molar-refractivity contribution in [2.45, 2.75) is 0 Å². The number of rotatable bonds is 2. The van der Waals surface area contributed by atoms with Gasteiger partial charge in [-0.1, -0.05) is 34.6 Å². The number of hydrogen-bond acceptors (Lipinski definition) is 4. The molecule has 0 aliphatic heterocycles. The molecular formula is C14H15Cl2N5O2. The van der Waals surface area contributed by atoms with Gasteiger partial charge in [0.2, 0.25) is 0 Å². The molecule has 3 rings (SSSR count). The second-order valence-electron chi connectivity index (χ2n) is 4.58. The van der Waals surface area contributed by atoms with Crippen molar-refractivity contribution in [2.75, 3.05) is 0 Å². The molecule has 9 heteroatoms. The Morgan fingerprint density at radius 1 is 0.913 bits per heavy atom. The van der Waals surface area contributed by atoms with Gasteiger partial charge in [0, 0.05) is 27.4 Å². The summed E-state index contributed by atoms with van der Waals surface area (Å²) in [6.07, 6.45) is 0. The molecule has 0 aliphatic carbocycles. The van der Waals surface area contributed by atoms with Gasteiger partial charge in [0.05, 0.1) is 5.52 Å². The average molecular weight is 356 g/mol. The van der Waals surface area contributed by atoms with Gasteiger partial charge in [-0.2, -0.15) is 0 Å². The summed E-state index contributed by atoms with van der Waals surface area (Å²) < 4.78 is 0. The monoisotopic (exact) mass is 355 g/mol. The summed E-state index contributed by atoms with van der Waals surface area (Å²) in [5.74, 6) is 0.0658. The minimum atomic E-state index is 0. The maximum atomic E-state index is 8.86. The highest BCUT2D eigenvalue weighted by molar-refractivity contribution is 6.16. The van der Waals surface area contributed by atoms with Crippen LogP contribution in [0.3, 0.4) is 0 Å². The lowest BCUT2D eigenvalue weighted by Crippen LogP contribution is -2.13. The Hall–Kier alpha value is -2.64. The van der Waals surface area contributed by atoms with Gasteiger partial charge in [0.25, 0.3) is 0 Å². The first kappa shape index (κ1) is 18.4. The molecule has 7 nitrogen and oxygen atoms in total. The van der Waals surface area contributed by atoms with Crippen molar-refractivity contribution in [3.8, 4) is 0 Å². The maximum absolute atomic E-state index is 8.86. The highest BCUT2D eigenvalue weighted by atomic mass is 35.5. The molecule has 0 unspecified atom stereocenters. The zero-order valence-electron chi connectivity index (χ0n) is 11.7. The number of amidine groups is 2. The second kappa shape index (κ2) is 7.08. The Bertz CT molecular complexity index is 905. The fourth-order valence-electron chi connectivity index (χ4n) is 2.41. The van der Waals surface area contributed by atoms with E-state index in [-0.39, 0.29) is 36.5 Å². The molecule has 0 fully saturated rings. The third-order valence-electron chi connectivity index (χ3n) is 3.42. The standard InChI is InChI=1S/C14H13N5O2.2ClH/c15-13(18-20)7-4-5-8-9-2-1-3-10(14(16)19-21)12(9)17-11(8)6-7;;/h1-6,17,20-21H,(H2,15,18)(H2,16,19);2*1H. The van der Waals surface area contributed by atoms with Gasteiger partial charge in [0.1, 0.15) is 0 Å². The Morgan fingerprint density at radius 2 is 1.61 bits per heavy atom. The van der Waals surface area contributed by atoms with E-state index < -0.39 is 0 Å². The SMILES string of the molecule is Cl.Cl.NC(=NO)c1ccc2c(c1)[nH]c1c(C(N)=NO)cccc12. The van der Waals surface area contributed by atoms with Crippen molar-refractivity contribution in [1.82, 2.24) is 4.98 Å². The summed E-state index contributed by atoms with van der Waals surface area (Å²) in [4.78, 5) is 3.22.